The molecule has 0 aromatic heterocycles. The van der Waals surface area contributed by atoms with Gasteiger partial charge in [0.25, 0.3) is 0 Å². The van der Waals surface area contributed by atoms with E-state index < -0.39 is 20.3 Å². The molecule has 0 saturated carbocycles. The molecule has 4 atom stereocenters. The van der Waals surface area contributed by atoms with Gasteiger partial charge in [0.05, 0.1) is 0 Å². The van der Waals surface area contributed by atoms with Crippen LogP contribution in [-0.4, -0.2) is 0 Å². The number of hydrogen-bond acceptors (Lipinski definition) is 0. The molecular formula is C44H46Cl2Zr. The summed E-state index contributed by atoms with van der Waals surface area (Å²) in [6, 6.07) is 32.4. The maximum absolute atomic E-state index is 2.78. The Morgan fingerprint density at radius 3 is 1.40 bits per heavy atom. The Labute approximate surface area is 298 Å². The fraction of sp³-hybridized carbons (Fsp3) is 0.364. The van der Waals surface area contributed by atoms with Crippen LogP contribution >= 0.6 is 0 Å². The molecule has 0 spiro atoms. The van der Waals surface area contributed by atoms with Crippen LogP contribution in [0.3, 0.4) is 0 Å². The van der Waals surface area contributed by atoms with Gasteiger partial charge in [0, 0.05) is 0 Å². The number of rotatable bonds is 6. The summed E-state index contributed by atoms with van der Waals surface area (Å²) in [6.45, 7) is 4.94. The van der Waals surface area contributed by atoms with Crippen LogP contribution in [-0.2, 0) is 20.3 Å². The van der Waals surface area contributed by atoms with E-state index in [9.17, 15) is 0 Å². The van der Waals surface area contributed by atoms with Crippen LogP contribution in [0.2, 0.25) is 15.5 Å². The molecule has 4 aromatic rings. The molecule has 4 aromatic carbocycles. The SMILES string of the molecule is CCC1=CC2=C(CCCC2c2cccc3ccccc23)[CH]1[Zr+2]1([CH]2C(CC)=CC3=C2CCCC3c2cccc3ccccc23)[CH2][CH2]1.[Cl-].[Cl-]. The molecule has 0 amide bonds. The Hall–Kier alpha value is -2.18. The third-order valence-electron chi connectivity index (χ3n) is 12.7. The second-order valence-corrected chi connectivity index (χ2v) is 26.1. The number of halogens is 2. The van der Waals surface area contributed by atoms with E-state index in [0.717, 1.165) is 7.25 Å². The summed E-state index contributed by atoms with van der Waals surface area (Å²) in [6.07, 6.45) is 16.1. The monoisotopic (exact) mass is 734 g/mol. The van der Waals surface area contributed by atoms with Crippen molar-refractivity contribution in [2.45, 2.75) is 92.6 Å². The predicted octanol–water partition coefficient (Wildman–Crippen LogP) is 7.11. The first-order valence-corrected chi connectivity index (χ1v) is 24.4. The molecule has 3 heteroatoms. The maximum atomic E-state index is 2.78. The van der Waals surface area contributed by atoms with Crippen molar-refractivity contribution in [1.82, 2.24) is 0 Å². The van der Waals surface area contributed by atoms with Crippen LogP contribution in [0.4, 0.5) is 0 Å². The molecule has 1 aliphatic heterocycles. The topological polar surface area (TPSA) is 0 Å². The van der Waals surface area contributed by atoms with Crippen molar-refractivity contribution >= 4 is 21.5 Å². The Morgan fingerprint density at radius 2 is 0.979 bits per heavy atom. The fourth-order valence-corrected chi connectivity index (χ4v) is 29.3. The summed E-state index contributed by atoms with van der Waals surface area (Å²) < 4.78 is 4.90. The quantitative estimate of drug-likeness (QED) is 0.198. The van der Waals surface area contributed by atoms with Gasteiger partial charge in [-0.3, -0.25) is 0 Å². The van der Waals surface area contributed by atoms with Gasteiger partial charge in [0.1, 0.15) is 0 Å². The van der Waals surface area contributed by atoms with Gasteiger partial charge >= 0.3 is 276 Å². The number of benzene rings is 4. The zero-order valence-electron chi connectivity index (χ0n) is 27.9. The van der Waals surface area contributed by atoms with Crippen LogP contribution in [0, 0.1) is 0 Å². The first-order chi connectivity index (χ1) is 22.2. The van der Waals surface area contributed by atoms with Crippen LogP contribution in [0.25, 0.3) is 21.5 Å². The van der Waals surface area contributed by atoms with Crippen molar-refractivity contribution in [2.24, 2.45) is 0 Å². The van der Waals surface area contributed by atoms with Crippen molar-refractivity contribution in [3.05, 3.63) is 142 Å². The van der Waals surface area contributed by atoms with Crippen molar-refractivity contribution in [3.63, 3.8) is 0 Å². The molecule has 47 heavy (non-hydrogen) atoms. The molecular weight excluding hydrogens is 691 g/mol. The Kier molecular flexibility index (Phi) is 9.41. The average Bonchev–Trinajstić information content (AvgIpc) is 3.63. The van der Waals surface area contributed by atoms with Crippen LogP contribution < -0.4 is 24.8 Å². The molecule has 0 radical (unpaired) electrons. The van der Waals surface area contributed by atoms with E-state index in [2.05, 4.69) is 111 Å². The van der Waals surface area contributed by atoms with Crippen LogP contribution in [0.15, 0.2) is 131 Å². The summed E-state index contributed by atoms with van der Waals surface area (Å²) in [5.74, 6) is 1.14. The normalized spacial score (nSPS) is 25.2. The second kappa shape index (κ2) is 13.3. The Morgan fingerprint density at radius 1 is 0.553 bits per heavy atom. The van der Waals surface area contributed by atoms with Gasteiger partial charge in [-0.1, -0.05) is 0 Å². The molecule has 240 valence electrons. The zero-order valence-corrected chi connectivity index (χ0v) is 31.8. The number of allylic oxidation sites excluding steroid dienone is 8. The minimum absolute atomic E-state index is 0. The first kappa shape index (κ1) is 33.3. The van der Waals surface area contributed by atoms with Gasteiger partial charge < -0.3 is 24.8 Å². The standard InChI is InChI=1S/2C21H21.C2H4.2ClH.Zr/c2*1-2-15-13-17-9-6-12-20(21(17)14-15)19-11-5-8-16-7-3-4-10-18(16)19;1-2;;;/h2*3-5,7-8,10-11,13-14,20H,2,6,9,12H2,1H3;1-2H2;2*1H;/q;;;;;+2/p-2. The van der Waals surface area contributed by atoms with Crippen molar-refractivity contribution in [3.8, 4) is 0 Å². The molecule has 9 rings (SSSR count). The van der Waals surface area contributed by atoms with Crippen LogP contribution in [0.5, 0.6) is 0 Å². The Bertz CT molecular complexity index is 1820. The second-order valence-electron chi connectivity index (χ2n) is 14.7. The summed E-state index contributed by atoms with van der Waals surface area (Å²) in [5.41, 5.74) is 14.2. The third-order valence-corrected chi connectivity index (χ3v) is 25.9. The third kappa shape index (κ3) is 5.25. The van der Waals surface area contributed by atoms with Crippen LogP contribution in [0.1, 0.15) is 88.2 Å². The van der Waals surface area contributed by atoms with Crippen molar-refractivity contribution < 1.29 is 45.1 Å². The molecule has 4 unspecified atom stereocenters. The van der Waals surface area contributed by atoms with Crippen molar-refractivity contribution in [1.29, 1.82) is 0 Å². The summed E-state index contributed by atoms with van der Waals surface area (Å²) in [4.78, 5) is 0. The molecule has 0 bridgehead atoms. The van der Waals surface area contributed by atoms with E-state index in [0.29, 0.717) is 11.8 Å². The van der Waals surface area contributed by atoms with E-state index in [-0.39, 0.29) is 24.8 Å². The summed E-state index contributed by atoms with van der Waals surface area (Å²) in [7, 11) is 0. The fourth-order valence-electron chi connectivity index (χ4n) is 10.8. The van der Waals surface area contributed by atoms with Gasteiger partial charge in [0.2, 0.25) is 0 Å². The van der Waals surface area contributed by atoms with Gasteiger partial charge in [-0.25, -0.2) is 0 Å². The molecule has 1 heterocycles. The smallest absolute Gasteiger partial charge is 1.00 e. The largest absolute Gasteiger partial charge is 1.00 e. The first-order valence-electron chi connectivity index (χ1n) is 18.0. The van der Waals surface area contributed by atoms with E-state index >= 15 is 0 Å². The molecule has 5 aliphatic rings. The minimum atomic E-state index is -2.61. The molecule has 1 saturated heterocycles. The predicted molar refractivity (Wildman–Crippen MR) is 189 cm³/mol. The van der Waals surface area contributed by atoms with Gasteiger partial charge in [-0.2, -0.15) is 0 Å². The molecule has 0 nitrogen and oxygen atoms in total. The van der Waals surface area contributed by atoms with Gasteiger partial charge in [-0.05, 0) is 0 Å². The molecule has 0 N–H and O–H groups in total. The summed E-state index contributed by atoms with van der Waals surface area (Å²) in [5, 5.41) is 5.75. The van der Waals surface area contributed by atoms with E-state index in [1.54, 1.807) is 30.5 Å². The van der Waals surface area contributed by atoms with E-state index in [1.807, 2.05) is 22.3 Å². The minimum Gasteiger partial charge on any atom is -1.00 e. The molecule has 4 aliphatic carbocycles. The van der Waals surface area contributed by atoms with E-state index in [1.165, 1.54) is 72.9 Å². The number of hydrogen-bond donors (Lipinski definition) is 0. The zero-order chi connectivity index (χ0) is 30.1. The van der Waals surface area contributed by atoms with Gasteiger partial charge in [0.15, 0.2) is 0 Å². The Balaban J connectivity index is 0.00000176. The average molecular weight is 737 g/mol. The van der Waals surface area contributed by atoms with Gasteiger partial charge in [-0.15, -0.1) is 0 Å². The molecule has 1 fully saturated rings. The maximum Gasteiger partial charge on any atom is -1.00 e. The summed E-state index contributed by atoms with van der Waals surface area (Å²) >= 11 is -2.61. The van der Waals surface area contributed by atoms with E-state index in [4.69, 9.17) is 0 Å². The van der Waals surface area contributed by atoms with Crippen molar-refractivity contribution in [2.75, 3.05) is 0 Å². The number of fused-ring (bicyclic) bond motifs is 2.